The highest BCUT2D eigenvalue weighted by Crippen LogP contribution is 2.16. The number of carbonyl (C=O) groups is 1. The third-order valence-corrected chi connectivity index (χ3v) is 2.83. The molecule has 100 valence electrons. The van der Waals surface area contributed by atoms with E-state index in [1.165, 1.54) is 6.20 Å². The quantitative estimate of drug-likeness (QED) is 0.891. The Morgan fingerprint density at radius 3 is 2.70 bits per heavy atom. The zero-order valence-electron chi connectivity index (χ0n) is 11.1. The van der Waals surface area contributed by atoms with Crippen LogP contribution >= 0.6 is 0 Å². The standard InChI is InChI=1S/C15H14N4O/c1-17-14-7-9-18-10-13(14)15(20)19-12-4-2-11(3-5-12)6-8-16/h2-5,7,9-10H,6H2,1H3,(H,17,18)(H,19,20). The summed E-state index contributed by atoms with van der Waals surface area (Å²) in [5, 5.41) is 14.4. The first kappa shape index (κ1) is 13.6. The topological polar surface area (TPSA) is 77.8 Å². The van der Waals surface area contributed by atoms with Crippen LogP contribution in [-0.2, 0) is 6.42 Å². The third kappa shape index (κ3) is 3.12. The predicted molar refractivity (Wildman–Crippen MR) is 77.5 cm³/mol. The van der Waals surface area contributed by atoms with E-state index in [1.54, 1.807) is 31.4 Å². The van der Waals surface area contributed by atoms with Gasteiger partial charge in [0.25, 0.3) is 5.91 Å². The first-order valence-electron chi connectivity index (χ1n) is 6.13. The molecule has 1 amide bonds. The molecule has 0 radical (unpaired) electrons. The second-order valence-electron chi connectivity index (χ2n) is 4.16. The summed E-state index contributed by atoms with van der Waals surface area (Å²) in [5.74, 6) is -0.226. The van der Waals surface area contributed by atoms with Crippen LogP contribution in [0.2, 0.25) is 0 Å². The van der Waals surface area contributed by atoms with Gasteiger partial charge >= 0.3 is 0 Å². The Labute approximate surface area is 117 Å². The zero-order chi connectivity index (χ0) is 14.4. The van der Waals surface area contributed by atoms with Crippen LogP contribution in [0.4, 0.5) is 11.4 Å². The fourth-order valence-electron chi connectivity index (χ4n) is 1.79. The van der Waals surface area contributed by atoms with Gasteiger partial charge in [-0.25, -0.2) is 0 Å². The zero-order valence-corrected chi connectivity index (χ0v) is 11.1. The molecule has 5 nitrogen and oxygen atoms in total. The van der Waals surface area contributed by atoms with Crippen molar-refractivity contribution in [3.05, 3.63) is 53.9 Å². The number of benzene rings is 1. The number of nitrogens with zero attached hydrogens (tertiary/aromatic N) is 2. The molecule has 0 atom stereocenters. The molecule has 2 rings (SSSR count). The maximum Gasteiger partial charge on any atom is 0.259 e. The molecule has 0 spiro atoms. The van der Waals surface area contributed by atoms with Gasteiger partial charge in [0, 0.05) is 30.8 Å². The van der Waals surface area contributed by atoms with Crippen LogP contribution in [0.1, 0.15) is 15.9 Å². The Morgan fingerprint density at radius 2 is 2.05 bits per heavy atom. The third-order valence-electron chi connectivity index (χ3n) is 2.83. The predicted octanol–water partition coefficient (Wildman–Crippen LogP) is 2.44. The van der Waals surface area contributed by atoms with E-state index < -0.39 is 0 Å². The molecule has 1 aromatic heterocycles. The molecule has 0 bridgehead atoms. The van der Waals surface area contributed by atoms with Crippen molar-refractivity contribution < 1.29 is 4.79 Å². The number of carbonyl (C=O) groups excluding carboxylic acids is 1. The van der Waals surface area contributed by atoms with Gasteiger partial charge in [-0.3, -0.25) is 9.78 Å². The fourth-order valence-corrected chi connectivity index (χ4v) is 1.79. The largest absolute Gasteiger partial charge is 0.387 e. The molecule has 0 saturated carbocycles. The number of amides is 1. The Morgan fingerprint density at radius 1 is 1.30 bits per heavy atom. The summed E-state index contributed by atoms with van der Waals surface area (Å²) in [6.45, 7) is 0. The van der Waals surface area contributed by atoms with Crippen molar-refractivity contribution in [2.75, 3.05) is 17.7 Å². The molecular weight excluding hydrogens is 252 g/mol. The Kier molecular flexibility index (Phi) is 4.30. The van der Waals surface area contributed by atoms with E-state index in [0.29, 0.717) is 17.7 Å². The van der Waals surface area contributed by atoms with Crippen molar-refractivity contribution in [2.45, 2.75) is 6.42 Å². The fraction of sp³-hybridized carbons (Fsp3) is 0.133. The average Bonchev–Trinajstić information content (AvgIpc) is 2.49. The number of nitriles is 1. The van der Waals surface area contributed by atoms with Crippen molar-refractivity contribution in [2.24, 2.45) is 0 Å². The van der Waals surface area contributed by atoms with Crippen molar-refractivity contribution in [3.63, 3.8) is 0 Å². The number of hydrogen-bond donors (Lipinski definition) is 2. The summed E-state index contributed by atoms with van der Waals surface area (Å²) in [4.78, 5) is 16.1. The number of rotatable bonds is 4. The molecule has 0 aliphatic heterocycles. The van der Waals surface area contributed by atoms with Crippen molar-refractivity contribution in [3.8, 4) is 6.07 Å². The monoisotopic (exact) mass is 266 g/mol. The van der Waals surface area contributed by atoms with E-state index in [1.807, 2.05) is 12.1 Å². The summed E-state index contributed by atoms with van der Waals surface area (Å²) < 4.78 is 0. The highest BCUT2D eigenvalue weighted by Gasteiger charge is 2.10. The maximum absolute atomic E-state index is 12.2. The SMILES string of the molecule is CNc1ccncc1C(=O)Nc1ccc(CC#N)cc1. The van der Waals surface area contributed by atoms with Gasteiger partial charge in [-0.1, -0.05) is 12.1 Å². The van der Waals surface area contributed by atoms with E-state index in [4.69, 9.17) is 5.26 Å². The van der Waals surface area contributed by atoms with Gasteiger partial charge in [-0.15, -0.1) is 0 Å². The summed E-state index contributed by atoms with van der Waals surface area (Å²) >= 11 is 0. The first-order valence-corrected chi connectivity index (χ1v) is 6.13. The van der Waals surface area contributed by atoms with Gasteiger partial charge in [0.2, 0.25) is 0 Å². The van der Waals surface area contributed by atoms with Gasteiger partial charge in [0.1, 0.15) is 0 Å². The van der Waals surface area contributed by atoms with Crippen LogP contribution in [0.15, 0.2) is 42.7 Å². The molecule has 5 heteroatoms. The van der Waals surface area contributed by atoms with Crippen molar-refractivity contribution in [1.29, 1.82) is 5.26 Å². The number of nitrogens with one attached hydrogen (secondary N) is 2. The second-order valence-corrected chi connectivity index (χ2v) is 4.16. The number of pyridine rings is 1. The number of aromatic nitrogens is 1. The van der Waals surface area contributed by atoms with E-state index >= 15 is 0 Å². The normalized spacial score (nSPS) is 9.60. The van der Waals surface area contributed by atoms with Gasteiger partial charge < -0.3 is 10.6 Å². The van der Waals surface area contributed by atoms with Gasteiger partial charge in [0.15, 0.2) is 0 Å². The van der Waals surface area contributed by atoms with Crippen LogP contribution in [-0.4, -0.2) is 17.9 Å². The van der Waals surface area contributed by atoms with E-state index in [9.17, 15) is 4.79 Å². The van der Waals surface area contributed by atoms with Gasteiger partial charge in [-0.05, 0) is 23.8 Å². The minimum atomic E-state index is -0.226. The lowest BCUT2D eigenvalue weighted by Crippen LogP contribution is -2.14. The molecule has 0 unspecified atom stereocenters. The number of anilines is 2. The highest BCUT2D eigenvalue weighted by molar-refractivity contribution is 6.07. The van der Waals surface area contributed by atoms with Crippen LogP contribution < -0.4 is 10.6 Å². The van der Waals surface area contributed by atoms with Crippen LogP contribution in [0, 0.1) is 11.3 Å². The first-order chi connectivity index (χ1) is 9.74. The Bertz CT molecular complexity index is 644. The van der Waals surface area contributed by atoms with Crippen molar-refractivity contribution in [1.82, 2.24) is 4.98 Å². The highest BCUT2D eigenvalue weighted by atomic mass is 16.1. The van der Waals surface area contributed by atoms with Crippen molar-refractivity contribution >= 4 is 17.3 Å². The molecule has 0 saturated heterocycles. The van der Waals surface area contributed by atoms with Gasteiger partial charge in [0.05, 0.1) is 18.1 Å². The minimum absolute atomic E-state index is 0.226. The lowest BCUT2D eigenvalue weighted by molar-refractivity contribution is 0.102. The van der Waals surface area contributed by atoms with E-state index in [0.717, 1.165) is 11.3 Å². The van der Waals surface area contributed by atoms with Crippen LogP contribution in [0.3, 0.4) is 0 Å². The maximum atomic E-state index is 12.2. The molecule has 0 fully saturated rings. The molecule has 0 aliphatic rings. The lowest BCUT2D eigenvalue weighted by Gasteiger charge is -2.09. The second kappa shape index (κ2) is 6.34. The smallest absolute Gasteiger partial charge is 0.259 e. The molecule has 0 aliphatic carbocycles. The van der Waals surface area contributed by atoms with Crippen LogP contribution in [0.5, 0.6) is 0 Å². The number of hydrogen-bond acceptors (Lipinski definition) is 4. The van der Waals surface area contributed by atoms with Gasteiger partial charge in [-0.2, -0.15) is 5.26 Å². The molecule has 2 aromatic rings. The summed E-state index contributed by atoms with van der Waals surface area (Å²) in [7, 11) is 1.75. The summed E-state index contributed by atoms with van der Waals surface area (Å²) in [6, 6.07) is 11.0. The molecule has 1 heterocycles. The van der Waals surface area contributed by atoms with E-state index in [2.05, 4.69) is 21.7 Å². The molecule has 2 N–H and O–H groups in total. The Hall–Kier alpha value is -2.87. The average molecular weight is 266 g/mol. The Balaban J connectivity index is 2.13. The van der Waals surface area contributed by atoms with Crippen LogP contribution in [0.25, 0.3) is 0 Å². The summed E-state index contributed by atoms with van der Waals surface area (Å²) in [6.07, 6.45) is 3.51. The summed E-state index contributed by atoms with van der Waals surface area (Å²) in [5.41, 5.74) is 2.81. The molecular formula is C15H14N4O. The molecule has 1 aromatic carbocycles. The minimum Gasteiger partial charge on any atom is -0.387 e. The molecule has 20 heavy (non-hydrogen) atoms. The lowest BCUT2D eigenvalue weighted by atomic mass is 10.1. The van der Waals surface area contributed by atoms with E-state index in [-0.39, 0.29) is 5.91 Å².